The van der Waals surface area contributed by atoms with Gasteiger partial charge < -0.3 is 14.7 Å². The standard InChI is InChI=1S/C15H24N2O3S/c1-3-5-11-6-4-8-17(9-7-11)15-16-12(10-20-2)13(21-15)14(18)19/h11H,3-10H2,1-2H3,(H,18,19). The highest BCUT2D eigenvalue weighted by molar-refractivity contribution is 7.17. The van der Waals surface area contributed by atoms with Crippen LogP contribution in [-0.4, -0.2) is 36.3 Å². The van der Waals surface area contributed by atoms with Gasteiger partial charge in [0.25, 0.3) is 0 Å². The highest BCUT2D eigenvalue weighted by atomic mass is 32.1. The Hall–Kier alpha value is -1.14. The summed E-state index contributed by atoms with van der Waals surface area (Å²) in [6, 6.07) is 0. The minimum Gasteiger partial charge on any atom is -0.477 e. The molecule has 1 unspecified atom stereocenters. The van der Waals surface area contributed by atoms with Crippen molar-refractivity contribution in [2.24, 2.45) is 5.92 Å². The Morgan fingerprint density at radius 1 is 1.48 bits per heavy atom. The number of carbonyl (C=O) groups is 1. The highest BCUT2D eigenvalue weighted by Crippen LogP contribution is 2.30. The number of aromatic carboxylic acids is 1. The zero-order valence-electron chi connectivity index (χ0n) is 12.8. The van der Waals surface area contributed by atoms with Gasteiger partial charge in [0.05, 0.1) is 12.3 Å². The maximum absolute atomic E-state index is 11.3. The van der Waals surface area contributed by atoms with Crippen LogP contribution >= 0.6 is 11.3 Å². The number of carboxylic acid groups (broad SMARTS) is 1. The normalized spacial score (nSPS) is 19.5. The summed E-state index contributed by atoms with van der Waals surface area (Å²) >= 11 is 1.27. The van der Waals surface area contributed by atoms with E-state index in [2.05, 4.69) is 16.8 Å². The van der Waals surface area contributed by atoms with Crippen LogP contribution < -0.4 is 4.90 Å². The number of anilines is 1. The van der Waals surface area contributed by atoms with Gasteiger partial charge in [0.15, 0.2) is 5.13 Å². The van der Waals surface area contributed by atoms with Crippen molar-refractivity contribution in [3.63, 3.8) is 0 Å². The quantitative estimate of drug-likeness (QED) is 0.872. The fraction of sp³-hybridized carbons (Fsp3) is 0.733. The van der Waals surface area contributed by atoms with Crippen molar-refractivity contribution in [1.29, 1.82) is 0 Å². The number of hydrogen-bond acceptors (Lipinski definition) is 5. The molecule has 0 bridgehead atoms. The van der Waals surface area contributed by atoms with Gasteiger partial charge in [-0.1, -0.05) is 31.1 Å². The molecule has 0 spiro atoms. The molecule has 2 rings (SSSR count). The minimum atomic E-state index is -0.913. The number of aromatic nitrogens is 1. The molecule has 1 aliphatic rings. The van der Waals surface area contributed by atoms with Crippen LogP contribution in [0.5, 0.6) is 0 Å². The zero-order chi connectivity index (χ0) is 15.2. The number of ether oxygens (including phenoxy) is 1. The van der Waals surface area contributed by atoms with Crippen LogP contribution in [0, 0.1) is 5.92 Å². The Morgan fingerprint density at radius 3 is 2.95 bits per heavy atom. The molecule has 0 radical (unpaired) electrons. The molecular weight excluding hydrogens is 288 g/mol. The lowest BCUT2D eigenvalue weighted by Crippen LogP contribution is -2.24. The Bertz CT molecular complexity index is 475. The highest BCUT2D eigenvalue weighted by Gasteiger charge is 2.23. The third-order valence-corrected chi connectivity index (χ3v) is 5.12. The van der Waals surface area contributed by atoms with E-state index in [1.165, 1.54) is 37.0 Å². The van der Waals surface area contributed by atoms with E-state index < -0.39 is 5.97 Å². The lowest BCUT2D eigenvalue weighted by atomic mass is 9.96. The first kappa shape index (κ1) is 16.2. The molecule has 0 amide bonds. The molecule has 1 N–H and O–H groups in total. The van der Waals surface area contributed by atoms with Gasteiger partial charge in [-0.3, -0.25) is 0 Å². The number of thiazole rings is 1. The van der Waals surface area contributed by atoms with Crippen LogP contribution in [0.15, 0.2) is 0 Å². The molecule has 0 saturated carbocycles. The van der Waals surface area contributed by atoms with Crippen molar-refractivity contribution in [1.82, 2.24) is 4.98 Å². The summed E-state index contributed by atoms with van der Waals surface area (Å²) in [6.45, 7) is 4.44. The Morgan fingerprint density at radius 2 is 2.29 bits per heavy atom. The SMILES string of the molecule is CCCC1CCCN(c2nc(COC)c(C(=O)O)s2)CC1. The van der Waals surface area contributed by atoms with Crippen LogP contribution in [0.25, 0.3) is 0 Å². The number of hydrogen-bond donors (Lipinski definition) is 1. The molecule has 1 atom stereocenters. The van der Waals surface area contributed by atoms with Crippen LogP contribution in [0.1, 0.15) is 54.4 Å². The van der Waals surface area contributed by atoms with Crippen LogP contribution in [0.2, 0.25) is 0 Å². The number of methoxy groups -OCH3 is 1. The molecule has 1 aromatic heterocycles. The summed E-state index contributed by atoms with van der Waals surface area (Å²) < 4.78 is 5.06. The Labute approximate surface area is 129 Å². The first-order chi connectivity index (χ1) is 10.2. The van der Waals surface area contributed by atoms with E-state index in [1.54, 1.807) is 7.11 Å². The van der Waals surface area contributed by atoms with Crippen molar-refractivity contribution in [3.05, 3.63) is 10.6 Å². The smallest absolute Gasteiger partial charge is 0.347 e. The minimum absolute atomic E-state index is 0.254. The van der Waals surface area contributed by atoms with E-state index in [-0.39, 0.29) is 6.61 Å². The molecule has 0 aromatic carbocycles. The van der Waals surface area contributed by atoms with Gasteiger partial charge >= 0.3 is 5.97 Å². The Balaban J connectivity index is 2.10. The molecule has 2 heterocycles. The van der Waals surface area contributed by atoms with Gasteiger partial charge in [0.2, 0.25) is 0 Å². The molecule has 0 aliphatic carbocycles. The summed E-state index contributed by atoms with van der Waals surface area (Å²) in [7, 11) is 1.56. The molecular formula is C15H24N2O3S. The molecule has 1 saturated heterocycles. The van der Waals surface area contributed by atoms with E-state index in [9.17, 15) is 9.90 Å². The maximum Gasteiger partial charge on any atom is 0.347 e. The second-order valence-corrected chi connectivity index (χ2v) is 6.56. The summed E-state index contributed by atoms with van der Waals surface area (Å²) in [4.78, 5) is 18.3. The van der Waals surface area contributed by atoms with Gasteiger partial charge in [-0.15, -0.1) is 0 Å². The van der Waals surface area contributed by atoms with Gasteiger partial charge in [-0.05, 0) is 25.2 Å². The molecule has 6 heteroatoms. The first-order valence-electron chi connectivity index (χ1n) is 7.62. The van der Waals surface area contributed by atoms with Crippen LogP contribution in [0.4, 0.5) is 5.13 Å². The van der Waals surface area contributed by atoms with Crippen molar-refractivity contribution in [3.8, 4) is 0 Å². The van der Waals surface area contributed by atoms with Gasteiger partial charge in [-0.2, -0.15) is 0 Å². The first-order valence-corrected chi connectivity index (χ1v) is 8.44. The predicted octanol–water partition coefficient (Wildman–Crippen LogP) is 3.39. The summed E-state index contributed by atoms with van der Waals surface area (Å²) in [5.41, 5.74) is 0.541. The Kier molecular flexibility index (Phi) is 5.99. The molecule has 1 aromatic rings. The lowest BCUT2D eigenvalue weighted by molar-refractivity contribution is 0.0697. The van der Waals surface area contributed by atoms with Crippen molar-refractivity contribution in [2.75, 3.05) is 25.1 Å². The zero-order valence-corrected chi connectivity index (χ0v) is 13.6. The van der Waals surface area contributed by atoms with E-state index >= 15 is 0 Å². The van der Waals surface area contributed by atoms with Crippen LogP contribution in [-0.2, 0) is 11.3 Å². The second-order valence-electron chi connectivity index (χ2n) is 5.58. The number of carboxylic acids is 1. The maximum atomic E-state index is 11.3. The molecule has 1 fully saturated rings. The topological polar surface area (TPSA) is 62.7 Å². The number of nitrogens with zero attached hydrogens (tertiary/aromatic N) is 2. The van der Waals surface area contributed by atoms with Crippen LogP contribution in [0.3, 0.4) is 0 Å². The molecule has 118 valence electrons. The molecule has 5 nitrogen and oxygen atoms in total. The summed E-state index contributed by atoms with van der Waals surface area (Å²) in [5, 5.41) is 10.1. The predicted molar refractivity (Wildman–Crippen MR) is 84.2 cm³/mol. The third-order valence-electron chi connectivity index (χ3n) is 3.98. The van der Waals surface area contributed by atoms with E-state index in [4.69, 9.17) is 4.74 Å². The monoisotopic (exact) mass is 312 g/mol. The summed E-state index contributed by atoms with van der Waals surface area (Å²) in [6.07, 6.45) is 6.14. The average Bonchev–Trinajstić information content (AvgIpc) is 2.73. The van der Waals surface area contributed by atoms with Crippen molar-refractivity contribution < 1.29 is 14.6 Å². The average molecular weight is 312 g/mol. The van der Waals surface area contributed by atoms with Crippen molar-refractivity contribution >= 4 is 22.4 Å². The largest absolute Gasteiger partial charge is 0.477 e. The van der Waals surface area contributed by atoms with Gasteiger partial charge in [0.1, 0.15) is 4.88 Å². The van der Waals surface area contributed by atoms with Gasteiger partial charge in [0, 0.05) is 20.2 Å². The second kappa shape index (κ2) is 7.75. The lowest BCUT2D eigenvalue weighted by Gasteiger charge is -2.19. The number of rotatable bonds is 6. The van der Waals surface area contributed by atoms with Crippen molar-refractivity contribution in [2.45, 2.75) is 45.6 Å². The summed E-state index contributed by atoms with van der Waals surface area (Å²) in [5.74, 6) is -0.109. The fourth-order valence-electron chi connectivity index (χ4n) is 2.93. The third kappa shape index (κ3) is 4.17. The van der Waals surface area contributed by atoms with E-state index in [0.29, 0.717) is 10.6 Å². The van der Waals surface area contributed by atoms with Gasteiger partial charge in [-0.25, -0.2) is 9.78 Å². The molecule has 21 heavy (non-hydrogen) atoms. The molecule has 1 aliphatic heterocycles. The van der Waals surface area contributed by atoms with E-state index in [1.807, 2.05) is 0 Å². The fourth-order valence-corrected chi connectivity index (χ4v) is 3.89. The van der Waals surface area contributed by atoms with E-state index in [0.717, 1.165) is 30.6 Å².